The average Bonchev–Trinajstić information content (AvgIpc) is 2.43. The van der Waals surface area contributed by atoms with Gasteiger partial charge in [0.15, 0.2) is 0 Å². The molecule has 1 amide bonds. The molecule has 0 spiro atoms. The molecule has 0 atom stereocenters. The molecular formula is C15H13BrN2O2S. The van der Waals surface area contributed by atoms with Gasteiger partial charge in [-0.3, -0.25) is 4.79 Å². The molecule has 0 heterocycles. The minimum Gasteiger partial charge on any atom is -0.507 e. The number of phenolic OH excluding ortho intramolecular Hbond substituents is 1. The number of carbonyl (C=O) groups excluding carboxylic acids is 1. The Labute approximate surface area is 136 Å². The monoisotopic (exact) mass is 364 g/mol. The van der Waals surface area contributed by atoms with E-state index in [1.54, 1.807) is 24.3 Å². The van der Waals surface area contributed by atoms with E-state index in [4.69, 9.17) is 18.0 Å². The highest BCUT2D eigenvalue weighted by molar-refractivity contribution is 9.10. The number of anilines is 1. The fraction of sp³-hybridized carbons (Fsp3) is 0.0667. The predicted molar refractivity (Wildman–Crippen MR) is 90.8 cm³/mol. The van der Waals surface area contributed by atoms with Gasteiger partial charge < -0.3 is 16.2 Å². The Morgan fingerprint density at radius 1 is 1.24 bits per heavy atom. The molecule has 0 aromatic heterocycles. The van der Waals surface area contributed by atoms with Gasteiger partial charge in [0, 0.05) is 16.8 Å². The van der Waals surface area contributed by atoms with Crippen LogP contribution in [0, 0.1) is 6.92 Å². The van der Waals surface area contributed by atoms with Crippen molar-refractivity contribution < 1.29 is 9.90 Å². The highest BCUT2D eigenvalue weighted by Gasteiger charge is 2.11. The van der Waals surface area contributed by atoms with Crippen molar-refractivity contribution in [2.45, 2.75) is 6.92 Å². The maximum absolute atomic E-state index is 12.2. The summed E-state index contributed by atoms with van der Waals surface area (Å²) in [7, 11) is 0. The lowest BCUT2D eigenvalue weighted by molar-refractivity contribution is 0.102. The van der Waals surface area contributed by atoms with Crippen LogP contribution in [0.25, 0.3) is 0 Å². The summed E-state index contributed by atoms with van der Waals surface area (Å²) in [5.74, 6) is -0.308. The molecule has 0 aliphatic carbocycles. The summed E-state index contributed by atoms with van der Waals surface area (Å²) in [6.07, 6.45) is 0. The number of aryl methyl sites for hydroxylation is 1. The van der Waals surface area contributed by atoms with E-state index in [1.165, 1.54) is 6.07 Å². The first-order valence-corrected chi connectivity index (χ1v) is 7.29. The Bertz CT molecular complexity index is 732. The van der Waals surface area contributed by atoms with Gasteiger partial charge in [0.25, 0.3) is 5.91 Å². The SMILES string of the molecule is Cc1ccc(C(N)=S)cc1NC(=O)c1ccc(Br)c(O)c1. The van der Waals surface area contributed by atoms with Crippen molar-refractivity contribution in [3.05, 3.63) is 57.6 Å². The van der Waals surface area contributed by atoms with Gasteiger partial charge in [-0.2, -0.15) is 0 Å². The standard InChI is InChI=1S/C15H13BrN2O2S/c1-8-2-3-9(14(17)21)6-12(8)18-15(20)10-4-5-11(16)13(19)7-10/h2-7,19H,1H3,(H2,17,21)(H,18,20). The fourth-order valence-corrected chi connectivity index (χ4v) is 2.13. The summed E-state index contributed by atoms with van der Waals surface area (Å²) in [5.41, 5.74) is 8.16. The minimum atomic E-state index is -0.319. The summed E-state index contributed by atoms with van der Waals surface area (Å²) in [5, 5.41) is 12.4. The lowest BCUT2D eigenvalue weighted by Gasteiger charge is -2.10. The van der Waals surface area contributed by atoms with Crippen molar-refractivity contribution in [2.24, 2.45) is 5.73 Å². The smallest absolute Gasteiger partial charge is 0.255 e. The van der Waals surface area contributed by atoms with Gasteiger partial charge in [-0.05, 0) is 52.7 Å². The second-order valence-corrected chi connectivity index (χ2v) is 5.81. The van der Waals surface area contributed by atoms with Gasteiger partial charge >= 0.3 is 0 Å². The average molecular weight is 365 g/mol. The van der Waals surface area contributed by atoms with E-state index in [0.29, 0.717) is 21.3 Å². The molecule has 6 heteroatoms. The van der Waals surface area contributed by atoms with Crippen LogP contribution in [0.5, 0.6) is 5.75 Å². The lowest BCUT2D eigenvalue weighted by Crippen LogP contribution is -2.15. The summed E-state index contributed by atoms with van der Waals surface area (Å²) < 4.78 is 0.533. The van der Waals surface area contributed by atoms with Crippen LogP contribution in [0.4, 0.5) is 5.69 Å². The van der Waals surface area contributed by atoms with Crippen molar-refractivity contribution in [2.75, 3.05) is 5.32 Å². The highest BCUT2D eigenvalue weighted by Crippen LogP contribution is 2.25. The highest BCUT2D eigenvalue weighted by atomic mass is 79.9. The van der Waals surface area contributed by atoms with Crippen LogP contribution in [0.15, 0.2) is 40.9 Å². The number of nitrogens with one attached hydrogen (secondary N) is 1. The van der Waals surface area contributed by atoms with Crippen molar-refractivity contribution in [1.29, 1.82) is 0 Å². The first-order valence-electron chi connectivity index (χ1n) is 6.09. The number of benzene rings is 2. The van der Waals surface area contributed by atoms with Gasteiger partial charge in [0.1, 0.15) is 10.7 Å². The zero-order valence-electron chi connectivity index (χ0n) is 11.2. The van der Waals surface area contributed by atoms with Crippen LogP contribution in [0.1, 0.15) is 21.5 Å². The molecular weight excluding hydrogens is 352 g/mol. The molecule has 0 aliphatic heterocycles. The molecule has 0 unspecified atom stereocenters. The molecule has 0 saturated carbocycles. The quantitative estimate of drug-likeness (QED) is 0.730. The number of thiocarbonyl (C=S) groups is 1. The van der Waals surface area contributed by atoms with Crippen molar-refractivity contribution in [3.8, 4) is 5.75 Å². The Hall–Kier alpha value is -1.92. The summed E-state index contributed by atoms with van der Waals surface area (Å²) in [4.78, 5) is 12.5. The van der Waals surface area contributed by atoms with Crippen LogP contribution < -0.4 is 11.1 Å². The van der Waals surface area contributed by atoms with Gasteiger partial charge in [-0.1, -0.05) is 24.4 Å². The molecule has 0 bridgehead atoms. The molecule has 0 radical (unpaired) electrons. The number of rotatable bonds is 3. The third-order valence-corrected chi connectivity index (χ3v) is 3.88. The van der Waals surface area contributed by atoms with Crippen molar-refractivity contribution in [3.63, 3.8) is 0 Å². The molecule has 108 valence electrons. The van der Waals surface area contributed by atoms with Crippen molar-refractivity contribution in [1.82, 2.24) is 0 Å². The van der Waals surface area contributed by atoms with E-state index in [9.17, 15) is 9.90 Å². The third kappa shape index (κ3) is 3.59. The Morgan fingerprint density at radius 3 is 2.52 bits per heavy atom. The molecule has 0 fully saturated rings. The van der Waals surface area contributed by atoms with E-state index in [2.05, 4.69) is 21.2 Å². The normalized spacial score (nSPS) is 10.2. The molecule has 2 rings (SSSR count). The lowest BCUT2D eigenvalue weighted by atomic mass is 10.1. The number of hydrogen-bond donors (Lipinski definition) is 3. The number of amides is 1. The maximum Gasteiger partial charge on any atom is 0.255 e. The molecule has 0 aliphatic rings. The summed E-state index contributed by atoms with van der Waals surface area (Å²) >= 11 is 8.10. The first kappa shape index (κ1) is 15.5. The minimum absolute atomic E-state index is 0.0104. The second kappa shape index (κ2) is 6.24. The van der Waals surface area contributed by atoms with E-state index in [1.807, 2.05) is 13.0 Å². The van der Waals surface area contributed by atoms with Gasteiger partial charge in [0.2, 0.25) is 0 Å². The molecule has 0 saturated heterocycles. The van der Waals surface area contributed by atoms with Crippen LogP contribution >= 0.6 is 28.1 Å². The van der Waals surface area contributed by atoms with Gasteiger partial charge in [-0.25, -0.2) is 0 Å². The van der Waals surface area contributed by atoms with Gasteiger partial charge in [-0.15, -0.1) is 0 Å². The molecule has 21 heavy (non-hydrogen) atoms. The van der Waals surface area contributed by atoms with E-state index in [-0.39, 0.29) is 16.6 Å². The maximum atomic E-state index is 12.2. The number of nitrogens with two attached hydrogens (primary N) is 1. The second-order valence-electron chi connectivity index (χ2n) is 4.51. The fourth-order valence-electron chi connectivity index (χ4n) is 1.76. The third-order valence-electron chi connectivity index (χ3n) is 2.98. The molecule has 2 aromatic carbocycles. The van der Waals surface area contributed by atoms with Crippen LogP contribution in [-0.4, -0.2) is 16.0 Å². The topological polar surface area (TPSA) is 75.3 Å². The zero-order valence-corrected chi connectivity index (χ0v) is 13.6. The number of halogens is 1. The van der Waals surface area contributed by atoms with Crippen LogP contribution in [-0.2, 0) is 0 Å². The molecule has 4 N–H and O–H groups in total. The Balaban J connectivity index is 2.28. The van der Waals surface area contributed by atoms with Crippen LogP contribution in [0.2, 0.25) is 0 Å². The number of carbonyl (C=O) groups is 1. The number of aromatic hydroxyl groups is 1. The van der Waals surface area contributed by atoms with E-state index >= 15 is 0 Å². The number of hydrogen-bond acceptors (Lipinski definition) is 3. The Morgan fingerprint density at radius 2 is 1.90 bits per heavy atom. The largest absolute Gasteiger partial charge is 0.507 e. The summed E-state index contributed by atoms with van der Waals surface area (Å²) in [6.45, 7) is 1.87. The summed E-state index contributed by atoms with van der Waals surface area (Å²) in [6, 6.07) is 10.00. The van der Waals surface area contributed by atoms with E-state index < -0.39 is 0 Å². The van der Waals surface area contributed by atoms with Crippen LogP contribution in [0.3, 0.4) is 0 Å². The van der Waals surface area contributed by atoms with Crippen molar-refractivity contribution >= 4 is 44.7 Å². The molecule has 2 aromatic rings. The van der Waals surface area contributed by atoms with Gasteiger partial charge in [0.05, 0.1) is 4.47 Å². The van der Waals surface area contributed by atoms with E-state index in [0.717, 1.165) is 5.56 Å². The first-order chi connectivity index (χ1) is 9.88. The zero-order chi connectivity index (χ0) is 15.6. The number of phenols is 1. The predicted octanol–water partition coefficient (Wildman–Crippen LogP) is 3.35. The molecule has 4 nitrogen and oxygen atoms in total. The Kier molecular flexibility index (Phi) is 4.59.